The number of nitrogens with zero attached hydrogens (tertiary/aromatic N) is 1. The number of benzene rings is 3. The van der Waals surface area contributed by atoms with Gasteiger partial charge in [-0.25, -0.2) is 0 Å². The second-order valence-electron chi connectivity index (χ2n) is 10.1. The van der Waals surface area contributed by atoms with Crippen molar-refractivity contribution in [2.45, 2.75) is 19.3 Å². The first-order chi connectivity index (χ1) is 18.4. The summed E-state index contributed by atoms with van der Waals surface area (Å²) >= 11 is 3.00. The van der Waals surface area contributed by atoms with E-state index in [9.17, 15) is 9.59 Å². The molecule has 2 aliphatic carbocycles. The van der Waals surface area contributed by atoms with E-state index in [1.807, 2.05) is 12.1 Å². The van der Waals surface area contributed by atoms with E-state index in [1.165, 1.54) is 32.9 Å². The van der Waals surface area contributed by atoms with Crippen molar-refractivity contribution in [3.05, 3.63) is 128 Å². The number of rotatable bonds is 4. The predicted molar refractivity (Wildman–Crippen MR) is 158 cm³/mol. The van der Waals surface area contributed by atoms with E-state index in [0.717, 1.165) is 21.9 Å². The number of ketones is 2. The number of hydrogen-bond acceptors (Lipinski definition) is 5. The molecule has 2 heterocycles. The molecule has 5 aromatic rings. The van der Waals surface area contributed by atoms with E-state index in [2.05, 4.69) is 91.5 Å². The van der Waals surface area contributed by atoms with Crippen LogP contribution in [-0.4, -0.2) is 11.6 Å². The third-order valence-corrected chi connectivity index (χ3v) is 9.55. The van der Waals surface area contributed by atoms with E-state index in [1.54, 1.807) is 28.9 Å². The van der Waals surface area contributed by atoms with E-state index in [-0.39, 0.29) is 22.6 Å². The lowest BCUT2D eigenvalue weighted by atomic mass is 9.82. The van der Waals surface area contributed by atoms with Crippen molar-refractivity contribution in [1.82, 2.24) is 0 Å². The van der Waals surface area contributed by atoms with Crippen LogP contribution < -0.4 is 4.90 Å². The number of carbonyl (C=O) groups is 2. The fourth-order valence-corrected chi connectivity index (χ4v) is 7.73. The molecule has 0 aliphatic heterocycles. The van der Waals surface area contributed by atoms with Crippen molar-refractivity contribution in [1.29, 1.82) is 0 Å². The molecule has 38 heavy (non-hydrogen) atoms. The fourth-order valence-electron chi connectivity index (χ4n) is 5.59. The molecule has 2 aromatic heterocycles. The number of thiophene rings is 2. The van der Waals surface area contributed by atoms with E-state index >= 15 is 0 Å². The summed E-state index contributed by atoms with van der Waals surface area (Å²) < 4.78 is 0. The first-order valence-electron chi connectivity index (χ1n) is 12.5. The second kappa shape index (κ2) is 8.48. The van der Waals surface area contributed by atoms with Crippen LogP contribution >= 0.6 is 22.7 Å². The maximum absolute atomic E-state index is 12.8. The molecule has 7 rings (SSSR count). The number of hydrogen-bond donors (Lipinski definition) is 0. The average Bonchev–Trinajstić information content (AvgIpc) is 3.68. The highest BCUT2D eigenvalue weighted by Gasteiger charge is 2.39. The van der Waals surface area contributed by atoms with Gasteiger partial charge >= 0.3 is 0 Å². The lowest BCUT2D eigenvalue weighted by Gasteiger charge is -2.28. The molecule has 2 aliphatic rings. The Balaban J connectivity index is 1.30. The Morgan fingerprint density at radius 3 is 2.03 bits per heavy atom. The third-order valence-electron chi connectivity index (χ3n) is 7.52. The van der Waals surface area contributed by atoms with Crippen LogP contribution in [0.2, 0.25) is 0 Å². The normalized spacial score (nSPS) is 16.0. The van der Waals surface area contributed by atoms with Crippen molar-refractivity contribution in [2.75, 3.05) is 4.90 Å². The zero-order valence-electron chi connectivity index (χ0n) is 20.9. The van der Waals surface area contributed by atoms with Crippen LogP contribution in [0.5, 0.6) is 0 Å². The lowest BCUT2D eigenvalue weighted by molar-refractivity contribution is 0.0991. The van der Waals surface area contributed by atoms with Gasteiger partial charge in [0.2, 0.25) is 5.78 Å². The van der Waals surface area contributed by atoms with Gasteiger partial charge in [-0.05, 0) is 76.7 Å². The van der Waals surface area contributed by atoms with Crippen LogP contribution in [0.15, 0.2) is 102 Å². The molecule has 3 nitrogen and oxygen atoms in total. The van der Waals surface area contributed by atoms with Crippen LogP contribution in [0.25, 0.3) is 16.5 Å². The summed E-state index contributed by atoms with van der Waals surface area (Å²) in [4.78, 5) is 30.7. The summed E-state index contributed by atoms with van der Waals surface area (Å²) in [6.07, 6.45) is 1.79. The average molecular weight is 530 g/mol. The van der Waals surface area contributed by atoms with Gasteiger partial charge in [0.15, 0.2) is 5.78 Å². The molecule has 3 aromatic carbocycles. The Hall–Kier alpha value is -4.06. The Kier molecular flexibility index (Phi) is 5.15. The van der Waals surface area contributed by atoms with Gasteiger partial charge in [-0.15, -0.1) is 22.7 Å². The molecule has 0 spiro atoms. The van der Waals surface area contributed by atoms with Gasteiger partial charge < -0.3 is 4.90 Å². The molecule has 0 unspecified atom stereocenters. The Morgan fingerprint density at radius 1 is 0.684 bits per heavy atom. The highest BCUT2D eigenvalue weighted by molar-refractivity contribution is 7.17. The Morgan fingerprint density at radius 2 is 1.37 bits per heavy atom. The summed E-state index contributed by atoms with van der Waals surface area (Å²) in [6.45, 7) is 4.51. The summed E-state index contributed by atoms with van der Waals surface area (Å²) in [5, 5.41) is 1.81. The zero-order chi connectivity index (χ0) is 26.0. The quantitative estimate of drug-likeness (QED) is 0.172. The van der Waals surface area contributed by atoms with Crippen LogP contribution in [0.1, 0.15) is 49.9 Å². The minimum absolute atomic E-state index is 0.153. The SMILES string of the molecule is CC1(C)c2cc(N(c3ccccc3)c3ccccc3)ccc2-c2sc(/C=C3\C(=O)c4ccsc4C3=O)cc21. The maximum atomic E-state index is 12.8. The topological polar surface area (TPSA) is 37.4 Å². The minimum Gasteiger partial charge on any atom is -0.310 e. The third kappa shape index (κ3) is 3.39. The first-order valence-corrected chi connectivity index (χ1v) is 14.2. The fraction of sp³-hybridized carbons (Fsp3) is 0.0909. The number of carbonyl (C=O) groups excluding carboxylic acids is 2. The smallest absolute Gasteiger partial charge is 0.207 e. The van der Waals surface area contributed by atoms with E-state index in [4.69, 9.17) is 0 Å². The molecule has 0 bridgehead atoms. The maximum Gasteiger partial charge on any atom is 0.207 e. The van der Waals surface area contributed by atoms with Crippen molar-refractivity contribution in [3.63, 3.8) is 0 Å². The van der Waals surface area contributed by atoms with Crippen molar-refractivity contribution in [3.8, 4) is 10.4 Å². The Bertz CT molecular complexity index is 1700. The molecular weight excluding hydrogens is 507 g/mol. The molecule has 0 N–H and O–H groups in total. The highest BCUT2D eigenvalue weighted by atomic mass is 32.1. The molecule has 0 saturated carbocycles. The first kappa shape index (κ1) is 23.1. The van der Waals surface area contributed by atoms with Gasteiger partial charge in [0.05, 0.1) is 10.5 Å². The number of Topliss-reactive ketones (excluding diaryl/α,β-unsaturated/α-hetero) is 2. The molecule has 5 heteroatoms. The van der Waals surface area contributed by atoms with Gasteiger partial charge in [-0.2, -0.15) is 0 Å². The van der Waals surface area contributed by atoms with Crippen molar-refractivity contribution in [2.24, 2.45) is 0 Å². The highest BCUT2D eigenvalue weighted by Crippen LogP contribution is 2.54. The summed E-state index contributed by atoms with van der Waals surface area (Å²) in [5.41, 5.74) is 7.66. The summed E-state index contributed by atoms with van der Waals surface area (Å²) in [7, 11) is 0. The van der Waals surface area contributed by atoms with Gasteiger partial charge in [0, 0.05) is 37.8 Å². The van der Waals surface area contributed by atoms with Gasteiger partial charge in [-0.3, -0.25) is 9.59 Å². The molecule has 0 amide bonds. The monoisotopic (exact) mass is 529 g/mol. The number of anilines is 3. The van der Waals surface area contributed by atoms with Crippen LogP contribution in [0.3, 0.4) is 0 Å². The lowest BCUT2D eigenvalue weighted by Crippen LogP contribution is -2.16. The van der Waals surface area contributed by atoms with Gasteiger partial charge in [-0.1, -0.05) is 56.3 Å². The van der Waals surface area contributed by atoms with E-state index < -0.39 is 0 Å². The van der Waals surface area contributed by atoms with Crippen LogP contribution in [-0.2, 0) is 5.41 Å². The standard InChI is InChI=1S/C33H23NO2S2/c1-33(2)27-17-22(34(20-9-5-3-6-10-20)21-11-7-4-8-12-21)13-14-24(27)31-28(33)19-23(38-31)18-26-29(35)25-15-16-37-32(25)30(26)36/h3-19H,1-2H3/b26-18+. The van der Waals surface area contributed by atoms with Gasteiger partial charge in [0.25, 0.3) is 0 Å². The molecular formula is C33H23NO2S2. The van der Waals surface area contributed by atoms with Gasteiger partial charge in [0.1, 0.15) is 0 Å². The van der Waals surface area contributed by atoms with Crippen molar-refractivity contribution < 1.29 is 9.59 Å². The molecule has 0 radical (unpaired) electrons. The van der Waals surface area contributed by atoms with Crippen LogP contribution in [0, 0.1) is 0 Å². The minimum atomic E-state index is -0.213. The summed E-state index contributed by atoms with van der Waals surface area (Å²) in [5.74, 6) is -0.314. The van der Waals surface area contributed by atoms with E-state index in [0.29, 0.717) is 10.4 Å². The van der Waals surface area contributed by atoms with Crippen molar-refractivity contribution >= 4 is 57.4 Å². The predicted octanol–water partition coefficient (Wildman–Crippen LogP) is 9.05. The molecule has 0 atom stereocenters. The molecule has 0 saturated heterocycles. The summed E-state index contributed by atoms with van der Waals surface area (Å²) in [6, 6.07) is 31.5. The molecule has 184 valence electrons. The Labute approximate surface area is 229 Å². The number of allylic oxidation sites excluding steroid dienone is 1. The number of fused-ring (bicyclic) bond motifs is 4. The van der Waals surface area contributed by atoms with Crippen LogP contribution in [0.4, 0.5) is 17.1 Å². The largest absolute Gasteiger partial charge is 0.310 e. The molecule has 0 fully saturated rings. The second-order valence-corrected chi connectivity index (χ2v) is 12.1. The zero-order valence-corrected chi connectivity index (χ0v) is 22.5. The number of para-hydroxylation sites is 2.